The van der Waals surface area contributed by atoms with Gasteiger partial charge in [-0.25, -0.2) is 0 Å². The summed E-state index contributed by atoms with van der Waals surface area (Å²) in [6.07, 6.45) is 0. The number of rotatable bonds is 2. The van der Waals surface area contributed by atoms with Gasteiger partial charge in [-0.3, -0.25) is 4.79 Å². The fourth-order valence-electron chi connectivity index (χ4n) is 1.59. The Hall–Kier alpha value is -1.22. The molecule has 2 aromatic carbocycles. The number of benzene rings is 2. The molecule has 0 atom stereocenters. The van der Waals surface area contributed by atoms with Gasteiger partial charge in [0.15, 0.2) is 0 Å². The Morgan fingerprint density at radius 1 is 1.00 bits per heavy atom. The summed E-state index contributed by atoms with van der Waals surface area (Å²) in [6.45, 7) is 1.90. The molecule has 1 amide bonds. The van der Waals surface area contributed by atoms with Crippen molar-refractivity contribution in [2.24, 2.45) is 0 Å². The van der Waals surface area contributed by atoms with Gasteiger partial charge in [0.1, 0.15) is 0 Å². The first-order chi connectivity index (χ1) is 8.97. The molecule has 0 radical (unpaired) electrons. The summed E-state index contributed by atoms with van der Waals surface area (Å²) >= 11 is 17.9. The topological polar surface area (TPSA) is 29.1 Å². The van der Waals surface area contributed by atoms with Gasteiger partial charge >= 0.3 is 0 Å². The van der Waals surface area contributed by atoms with E-state index in [1.165, 1.54) is 0 Å². The van der Waals surface area contributed by atoms with Gasteiger partial charge in [-0.05, 0) is 42.8 Å². The molecule has 0 fully saturated rings. The van der Waals surface area contributed by atoms with E-state index in [1.54, 1.807) is 30.3 Å². The number of anilines is 1. The third-order valence-electron chi connectivity index (χ3n) is 2.55. The molecule has 2 rings (SSSR count). The van der Waals surface area contributed by atoms with Crippen molar-refractivity contribution in [3.8, 4) is 0 Å². The molecule has 0 aromatic heterocycles. The summed E-state index contributed by atoms with van der Waals surface area (Å²) in [6, 6.07) is 10.1. The Balaban J connectivity index is 2.28. The van der Waals surface area contributed by atoms with Crippen molar-refractivity contribution in [2.45, 2.75) is 6.92 Å². The minimum absolute atomic E-state index is 0.325. The van der Waals surface area contributed by atoms with Crippen LogP contribution in [0.3, 0.4) is 0 Å². The van der Waals surface area contributed by atoms with Crippen molar-refractivity contribution >= 4 is 46.4 Å². The second-order valence-electron chi connectivity index (χ2n) is 4.06. The maximum Gasteiger partial charge on any atom is 0.257 e. The minimum atomic E-state index is -0.325. The molecule has 2 aromatic rings. The van der Waals surface area contributed by atoms with E-state index in [1.807, 2.05) is 13.0 Å². The van der Waals surface area contributed by atoms with Gasteiger partial charge in [-0.2, -0.15) is 0 Å². The van der Waals surface area contributed by atoms with E-state index in [4.69, 9.17) is 34.8 Å². The van der Waals surface area contributed by atoms with E-state index in [-0.39, 0.29) is 5.91 Å². The lowest BCUT2D eigenvalue weighted by molar-refractivity contribution is 0.102. The third-order valence-corrected chi connectivity index (χ3v) is 3.42. The molecule has 1 N–H and O–H groups in total. The molecule has 0 saturated carbocycles. The molecule has 19 heavy (non-hydrogen) atoms. The summed E-state index contributed by atoms with van der Waals surface area (Å²) in [5, 5.41) is 4.00. The minimum Gasteiger partial charge on any atom is -0.321 e. The number of hydrogen-bond acceptors (Lipinski definition) is 1. The molecule has 0 saturated heterocycles. The zero-order valence-corrected chi connectivity index (χ0v) is 12.3. The van der Waals surface area contributed by atoms with E-state index < -0.39 is 0 Å². The third kappa shape index (κ3) is 3.41. The maximum absolute atomic E-state index is 12.1. The predicted octanol–water partition coefficient (Wildman–Crippen LogP) is 5.21. The summed E-state index contributed by atoms with van der Waals surface area (Å²) in [5.41, 5.74) is 1.83. The second-order valence-corrected chi connectivity index (χ2v) is 5.31. The lowest BCUT2D eigenvalue weighted by Gasteiger charge is -2.09. The van der Waals surface area contributed by atoms with Crippen molar-refractivity contribution in [1.29, 1.82) is 0 Å². The van der Waals surface area contributed by atoms with Gasteiger partial charge < -0.3 is 5.32 Å². The van der Waals surface area contributed by atoms with E-state index in [0.717, 1.165) is 5.56 Å². The normalized spacial score (nSPS) is 10.3. The summed E-state index contributed by atoms with van der Waals surface area (Å²) in [4.78, 5) is 12.1. The summed E-state index contributed by atoms with van der Waals surface area (Å²) in [7, 11) is 0. The summed E-state index contributed by atoms with van der Waals surface area (Å²) in [5.74, 6) is -0.325. The maximum atomic E-state index is 12.1. The van der Waals surface area contributed by atoms with Gasteiger partial charge in [-0.15, -0.1) is 0 Å². The monoisotopic (exact) mass is 313 g/mol. The number of aryl methyl sites for hydroxylation is 1. The Morgan fingerprint density at radius 3 is 2.42 bits per heavy atom. The van der Waals surface area contributed by atoms with Crippen LogP contribution in [0, 0.1) is 6.92 Å². The van der Waals surface area contributed by atoms with E-state index >= 15 is 0 Å². The fourth-order valence-corrected chi connectivity index (χ4v) is 2.25. The molecular weight excluding hydrogens is 305 g/mol. The smallest absolute Gasteiger partial charge is 0.257 e. The highest BCUT2D eigenvalue weighted by atomic mass is 35.5. The van der Waals surface area contributed by atoms with Crippen molar-refractivity contribution in [2.75, 3.05) is 5.32 Å². The van der Waals surface area contributed by atoms with E-state index in [0.29, 0.717) is 26.3 Å². The van der Waals surface area contributed by atoms with Gasteiger partial charge in [0.2, 0.25) is 0 Å². The Morgan fingerprint density at radius 2 is 1.74 bits per heavy atom. The molecule has 2 nitrogen and oxygen atoms in total. The largest absolute Gasteiger partial charge is 0.321 e. The van der Waals surface area contributed by atoms with Gasteiger partial charge in [-0.1, -0.05) is 40.9 Å². The van der Waals surface area contributed by atoms with Gasteiger partial charge in [0, 0.05) is 5.02 Å². The molecule has 0 spiro atoms. The quantitative estimate of drug-likeness (QED) is 0.810. The zero-order valence-electron chi connectivity index (χ0n) is 10.0. The zero-order chi connectivity index (χ0) is 14.0. The molecule has 0 unspecified atom stereocenters. The van der Waals surface area contributed by atoms with Crippen molar-refractivity contribution in [1.82, 2.24) is 0 Å². The Labute approximate surface area is 126 Å². The van der Waals surface area contributed by atoms with Crippen LogP contribution in [0.4, 0.5) is 5.69 Å². The average Bonchev–Trinajstić information content (AvgIpc) is 2.33. The van der Waals surface area contributed by atoms with Crippen LogP contribution in [0.5, 0.6) is 0 Å². The highest BCUT2D eigenvalue weighted by Gasteiger charge is 2.12. The molecule has 5 heteroatoms. The molecule has 0 aliphatic carbocycles. The number of carbonyl (C=O) groups is 1. The van der Waals surface area contributed by atoms with Crippen LogP contribution in [0.25, 0.3) is 0 Å². The van der Waals surface area contributed by atoms with Gasteiger partial charge in [0.05, 0.1) is 21.3 Å². The molecule has 0 aliphatic rings. The first-order valence-electron chi connectivity index (χ1n) is 5.50. The first kappa shape index (κ1) is 14.2. The number of halogens is 3. The van der Waals surface area contributed by atoms with Crippen LogP contribution in [0.15, 0.2) is 36.4 Å². The summed E-state index contributed by atoms with van der Waals surface area (Å²) < 4.78 is 0. The van der Waals surface area contributed by atoms with Crippen LogP contribution in [0.2, 0.25) is 15.1 Å². The Bertz CT molecular complexity index is 641. The van der Waals surface area contributed by atoms with Crippen LogP contribution >= 0.6 is 34.8 Å². The Kier molecular flexibility index (Phi) is 4.35. The second kappa shape index (κ2) is 5.83. The predicted molar refractivity (Wildman–Crippen MR) is 80.6 cm³/mol. The highest BCUT2D eigenvalue weighted by molar-refractivity contribution is 6.37. The molecule has 98 valence electrons. The average molecular weight is 315 g/mol. The van der Waals surface area contributed by atoms with Gasteiger partial charge in [0.25, 0.3) is 5.91 Å². The lowest BCUT2D eigenvalue weighted by Crippen LogP contribution is -2.12. The van der Waals surface area contributed by atoms with Crippen LogP contribution in [-0.4, -0.2) is 5.91 Å². The first-order valence-corrected chi connectivity index (χ1v) is 6.63. The van der Waals surface area contributed by atoms with Crippen LogP contribution in [0.1, 0.15) is 15.9 Å². The molecule has 0 heterocycles. The van der Waals surface area contributed by atoms with Crippen molar-refractivity contribution < 1.29 is 4.79 Å². The SMILES string of the molecule is Cc1ccc(C(=O)Nc2cc(Cl)ccc2Cl)c(Cl)c1. The molecule has 0 bridgehead atoms. The fraction of sp³-hybridized carbons (Fsp3) is 0.0714. The number of hydrogen-bond donors (Lipinski definition) is 1. The molecule has 0 aliphatic heterocycles. The number of amides is 1. The van der Waals surface area contributed by atoms with E-state index in [2.05, 4.69) is 5.32 Å². The van der Waals surface area contributed by atoms with Crippen LogP contribution < -0.4 is 5.32 Å². The number of nitrogens with one attached hydrogen (secondary N) is 1. The van der Waals surface area contributed by atoms with Crippen LogP contribution in [-0.2, 0) is 0 Å². The van der Waals surface area contributed by atoms with E-state index in [9.17, 15) is 4.79 Å². The molecular formula is C14H10Cl3NO. The number of carbonyl (C=O) groups excluding carboxylic acids is 1. The van der Waals surface area contributed by atoms with Crippen molar-refractivity contribution in [3.05, 3.63) is 62.6 Å². The lowest BCUT2D eigenvalue weighted by atomic mass is 10.1. The highest BCUT2D eigenvalue weighted by Crippen LogP contribution is 2.27. The standard InChI is InChI=1S/C14H10Cl3NO/c1-8-2-4-10(12(17)6-8)14(19)18-13-7-9(15)3-5-11(13)16/h2-7H,1H3,(H,18,19). The van der Waals surface area contributed by atoms with Crippen molar-refractivity contribution in [3.63, 3.8) is 0 Å².